The molecule has 170 valence electrons. The largest absolute Gasteiger partial charge is 0.444 e. The molecule has 0 bridgehead atoms. The fourth-order valence-corrected chi connectivity index (χ4v) is 2.94. The molecule has 2 rings (SSSR count). The van der Waals surface area contributed by atoms with Crippen LogP contribution in [0.15, 0.2) is 35.6 Å². The van der Waals surface area contributed by atoms with Gasteiger partial charge in [0.15, 0.2) is 11.8 Å². The molecule has 1 aromatic carbocycles. The molecule has 0 saturated heterocycles. The fraction of sp³-hybridized carbons (Fsp3) is 0.545. The molecule has 4 N–H and O–H groups in total. The van der Waals surface area contributed by atoms with Crippen molar-refractivity contribution in [2.24, 2.45) is 4.99 Å². The number of alkyl carbamates (subject to hydrolysis) is 1. The van der Waals surface area contributed by atoms with Crippen LogP contribution in [0, 0.1) is 0 Å². The number of ether oxygens (including phenoxy) is 1. The standard InChI is InChI=1S/C22H35N7O2/c1-6-7-11-18(14-25-21(30)31-22(2,3)4)28-20(23-5)24-13-16-9-8-10-17(12-16)19-26-15-27-29-19/h8-10,12,15,18H,6-7,11,13-14H2,1-5H3,(H,25,30)(H2,23,24,28)(H,26,27,29). The van der Waals surface area contributed by atoms with Crippen molar-refractivity contribution >= 4 is 12.1 Å². The van der Waals surface area contributed by atoms with Crippen molar-refractivity contribution in [2.75, 3.05) is 13.6 Å². The summed E-state index contributed by atoms with van der Waals surface area (Å²) in [6.45, 7) is 8.75. The molecule has 1 unspecified atom stereocenters. The fourth-order valence-electron chi connectivity index (χ4n) is 2.94. The van der Waals surface area contributed by atoms with E-state index in [1.54, 1.807) is 7.05 Å². The van der Waals surface area contributed by atoms with E-state index in [-0.39, 0.29) is 6.04 Å². The third kappa shape index (κ3) is 9.06. The van der Waals surface area contributed by atoms with Crippen LogP contribution in [0.5, 0.6) is 0 Å². The predicted molar refractivity (Wildman–Crippen MR) is 123 cm³/mol. The van der Waals surface area contributed by atoms with Crippen molar-refractivity contribution in [1.82, 2.24) is 31.1 Å². The van der Waals surface area contributed by atoms with E-state index in [2.05, 4.69) is 49.1 Å². The Morgan fingerprint density at radius 2 is 2.10 bits per heavy atom. The van der Waals surface area contributed by atoms with Crippen molar-refractivity contribution < 1.29 is 9.53 Å². The highest BCUT2D eigenvalue weighted by atomic mass is 16.6. The Morgan fingerprint density at radius 3 is 2.74 bits per heavy atom. The summed E-state index contributed by atoms with van der Waals surface area (Å²) in [5.41, 5.74) is 1.55. The van der Waals surface area contributed by atoms with Gasteiger partial charge in [0.2, 0.25) is 0 Å². The van der Waals surface area contributed by atoms with Gasteiger partial charge in [0, 0.05) is 31.7 Å². The number of amides is 1. The minimum Gasteiger partial charge on any atom is -0.444 e. The first-order valence-corrected chi connectivity index (χ1v) is 10.7. The molecule has 0 radical (unpaired) electrons. The van der Waals surface area contributed by atoms with Crippen LogP contribution < -0.4 is 16.0 Å². The highest BCUT2D eigenvalue weighted by Gasteiger charge is 2.18. The summed E-state index contributed by atoms with van der Waals surface area (Å²) < 4.78 is 5.34. The molecule has 0 spiro atoms. The minimum atomic E-state index is -0.520. The highest BCUT2D eigenvalue weighted by molar-refractivity contribution is 5.80. The molecule has 1 amide bonds. The summed E-state index contributed by atoms with van der Waals surface area (Å²) >= 11 is 0. The van der Waals surface area contributed by atoms with Gasteiger partial charge in [0.05, 0.1) is 0 Å². The van der Waals surface area contributed by atoms with E-state index in [4.69, 9.17) is 4.74 Å². The van der Waals surface area contributed by atoms with Gasteiger partial charge in [-0.3, -0.25) is 10.1 Å². The number of unbranched alkanes of at least 4 members (excludes halogenated alkanes) is 1. The molecule has 0 fully saturated rings. The second-order valence-corrected chi connectivity index (χ2v) is 8.33. The number of guanidine groups is 1. The summed E-state index contributed by atoms with van der Waals surface area (Å²) in [4.78, 5) is 20.5. The number of hydrogen-bond acceptors (Lipinski definition) is 5. The van der Waals surface area contributed by atoms with Gasteiger partial charge in [0.1, 0.15) is 11.9 Å². The van der Waals surface area contributed by atoms with Crippen LogP contribution in [0.2, 0.25) is 0 Å². The molecule has 0 saturated carbocycles. The van der Waals surface area contributed by atoms with Crippen molar-refractivity contribution in [3.8, 4) is 11.4 Å². The van der Waals surface area contributed by atoms with Gasteiger partial charge in [0.25, 0.3) is 0 Å². The molecular formula is C22H35N7O2. The monoisotopic (exact) mass is 429 g/mol. The molecule has 2 aromatic rings. The lowest BCUT2D eigenvalue weighted by atomic mass is 10.1. The van der Waals surface area contributed by atoms with Gasteiger partial charge < -0.3 is 20.7 Å². The van der Waals surface area contributed by atoms with E-state index < -0.39 is 11.7 Å². The maximum absolute atomic E-state index is 12.0. The first kappa shape index (κ1) is 24.2. The van der Waals surface area contributed by atoms with Crippen molar-refractivity contribution in [3.63, 3.8) is 0 Å². The second-order valence-electron chi connectivity index (χ2n) is 8.33. The number of carbonyl (C=O) groups excluding carboxylic acids is 1. The van der Waals surface area contributed by atoms with Gasteiger partial charge >= 0.3 is 6.09 Å². The Morgan fingerprint density at radius 1 is 1.29 bits per heavy atom. The minimum absolute atomic E-state index is 0.0409. The van der Waals surface area contributed by atoms with Crippen LogP contribution >= 0.6 is 0 Å². The lowest BCUT2D eigenvalue weighted by molar-refractivity contribution is 0.0523. The first-order chi connectivity index (χ1) is 14.8. The van der Waals surface area contributed by atoms with E-state index in [0.717, 1.165) is 36.2 Å². The third-order valence-corrected chi connectivity index (χ3v) is 4.44. The van der Waals surface area contributed by atoms with Gasteiger partial charge in [-0.1, -0.05) is 38.0 Å². The van der Waals surface area contributed by atoms with Crippen LogP contribution in [0.3, 0.4) is 0 Å². The SMILES string of the molecule is CCCCC(CNC(=O)OC(C)(C)C)NC(=NC)NCc1cccc(-c2ncn[nH]2)c1. The Kier molecular flexibility index (Phi) is 9.30. The molecule has 31 heavy (non-hydrogen) atoms. The van der Waals surface area contributed by atoms with Crippen molar-refractivity contribution in [1.29, 1.82) is 0 Å². The van der Waals surface area contributed by atoms with Crippen molar-refractivity contribution in [2.45, 2.75) is 65.1 Å². The molecule has 9 heteroatoms. The molecule has 0 aliphatic rings. The van der Waals surface area contributed by atoms with E-state index in [0.29, 0.717) is 19.0 Å². The number of rotatable bonds is 9. The number of carbonyl (C=O) groups is 1. The van der Waals surface area contributed by atoms with E-state index in [9.17, 15) is 4.79 Å². The smallest absolute Gasteiger partial charge is 0.407 e. The Bertz CT molecular complexity index is 829. The average molecular weight is 430 g/mol. The maximum atomic E-state index is 12.0. The lowest BCUT2D eigenvalue weighted by Crippen LogP contribution is -2.48. The van der Waals surface area contributed by atoms with Crippen molar-refractivity contribution in [3.05, 3.63) is 36.2 Å². The van der Waals surface area contributed by atoms with E-state index in [1.165, 1.54) is 6.33 Å². The van der Waals surface area contributed by atoms with Gasteiger partial charge in [-0.2, -0.15) is 5.10 Å². The molecule has 1 atom stereocenters. The second kappa shape index (κ2) is 11.9. The van der Waals surface area contributed by atoms with Crippen LogP contribution in [0.25, 0.3) is 11.4 Å². The zero-order valence-electron chi connectivity index (χ0n) is 19.2. The maximum Gasteiger partial charge on any atom is 0.407 e. The number of aromatic amines is 1. The third-order valence-electron chi connectivity index (χ3n) is 4.44. The normalized spacial score (nSPS) is 12.9. The first-order valence-electron chi connectivity index (χ1n) is 10.7. The van der Waals surface area contributed by atoms with Gasteiger partial charge in [-0.25, -0.2) is 9.78 Å². The summed E-state index contributed by atoms with van der Waals surface area (Å²) in [6.07, 6.45) is 4.11. The molecular weight excluding hydrogens is 394 g/mol. The quantitative estimate of drug-likeness (QED) is 0.359. The zero-order valence-corrected chi connectivity index (χ0v) is 19.2. The molecule has 0 aliphatic heterocycles. The summed E-state index contributed by atoms with van der Waals surface area (Å²) in [7, 11) is 1.73. The number of aromatic nitrogens is 3. The predicted octanol–water partition coefficient (Wildman–Crippen LogP) is 3.22. The van der Waals surface area contributed by atoms with Crippen LogP contribution in [0.1, 0.15) is 52.5 Å². The molecule has 0 aliphatic carbocycles. The zero-order chi connectivity index (χ0) is 22.7. The van der Waals surface area contributed by atoms with Crippen LogP contribution in [-0.2, 0) is 11.3 Å². The highest BCUT2D eigenvalue weighted by Crippen LogP contribution is 2.15. The Balaban J connectivity index is 1.92. The van der Waals surface area contributed by atoms with Gasteiger partial charge in [-0.15, -0.1) is 0 Å². The average Bonchev–Trinajstić information content (AvgIpc) is 3.26. The van der Waals surface area contributed by atoms with E-state index >= 15 is 0 Å². The molecule has 1 aromatic heterocycles. The number of benzene rings is 1. The summed E-state index contributed by atoms with van der Waals surface area (Å²) in [6, 6.07) is 8.11. The number of aliphatic imine (C=N–C) groups is 1. The topological polar surface area (TPSA) is 116 Å². The number of hydrogen-bond donors (Lipinski definition) is 4. The van der Waals surface area contributed by atoms with Gasteiger partial charge in [-0.05, 0) is 38.8 Å². The number of H-pyrrole nitrogens is 1. The Labute approximate surface area is 184 Å². The number of nitrogens with zero attached hydrogens (tertiary/aromatic N) is 3. The number of nitrogens with one attached hydrogen (secondary N) is 4. The summed E-state index contributed by atoms with van der Waals surface area (Å²) in [5, 5.41) is 16.4. The van der Waals surface area contributed by atoms with Crippen LogP contribution in [-0.4, -0.2) is 52.5 Å². The Hall–Kier alpha value is -3.10. The lowest BCUT2D eigenvalue weighted by Gasteiger charge is -2.24. The molecule has 9 nitrogen and oxygen atoms in total. The summed E-state index contributed by atoms with van der Waals surface area (Å²) in [5.74, 6) is 1.41. The molecule has 1 heterocycles. The van der Waals surface area contributed by atoms with Crippen LogP contribution in [0.4, 0.5) is 4.79 Å². The van der Waals surface area contributed by atoms with E-state index in [1.807, 2.05) is 39.0 Å².